The molecule has 1 aliphatic heterocycles. The van der Waals surface area contributed by atoms with Gasteiger partial charge in [0.25, 0.3) is 5.56 Å². The number of methoxy groups -OCH3 is 1. The summed E-state index contributed by atoms with van der Waals surface area (Å²) in [6, 6.07) is 17.4. The number of halogens is 3. The van der Waals surface area contributed by atoms with Crippen LogP contribution in [-0.2, 0) is 16.1 Å². The quantitative estimate of drug-likeness (QED) is 0.199. The van der Waals surface area contributed by atoms with E-state index in [4.69, 9.17) is 37.4 Å². The Bertz CT molecular complexity index is 1880. The second-order valence-corrected chi connectivity index (χ2v) is 12.0. The SMILES string of the molecule is CCOC(=O)C1=C(C)N=c2s/c(=C/c3ccc(OCc4ccc(Cl)cc4Cl)c(Br)c3)c(=O)n2C1c1ccc(OC)cc1. The minimum Gasteiger partial charge on any atom is -0.497 e. The summed E-state index contributed by atoms with van der Waals surface area (Å²) in [6.45, 7) is 3.97. The van der Waals surface area contributed by atoms with E-state index in [0.29, 0.717) is 46.6 Å². The minimum atomic E-state index is -0.699. The molecule has 5 rings (SSSR count). The Hall–Kier alpha value is -3.37. The molecule has 7 nitrogen and oxygen atoms in total. The number of hydrogen-bond donors (Lipinski definition) is 0. The zero-order valence-corrected chi connectivity index (χ0v) is 26.7. The molecule has 1 aromatic heterocycles. The van der Waals surface area contributed by atoms with Crippen LogP contribution in [0.15, 0.2) is 86.2 Å². The van der Waals surface area contributed by atoms with E-state index in [1.807, 2.05) is 36.4 Å². The van der Waals surface area contributed by atoms with Crippen molar-refractivity contribution >= 4 is 62.5 Å². The summed E-state index contributed by atoms with van der Waals surface area (Å²) in [5.41, 5.74) is 2.90. The fourth-order valence-electron chi connectivity index (χ4n) is 4.56. The second kappa shape index (κ2) is 12.9. The molecule has 0 amide bonds. The zero-order chi connectivity index (χ0) is 30.0. The number of aromatic nitrogens is 1. The highest BCUT2D eigenvalue weighted by molar-refractivity contribution is 9.10. The standard InChI is InChI=1S/C31H25BrCl2N2O5S/c1-4-40-30(38)27-17(2)35-31-36(28(27)19-7-10-22(39-3)11-8-19)29(37)26(42-31)14-18-5-12-25(23(32)13-18)41-16-20-6-9-21(33)15-24(20)34/h5-15,28H,4,16H2,1-3H3/b26-14+. The zero-order valence-electron chi connectivity index (χ0n) is 22.8. The van der Waals surface area contributed by atoms with E-state index in [1.165, 1.54) is 11.3 Å². The fraction of sp³-hybridized carbons (Fsp3) is 0.194. The molecule has 0 fully saturated rings. The number of fused-ring (bicyclic) bond motifs is 1. The number of nitrogens with zero attached hydrogens (tertiary/aromatic N) is 2. The van der Waals surface area contributed by atoms with Gasteiger partial charge in [-0.25, -0.2) is 9.79 Å². The van der Waals surface area contributed by atoms with Crippen molar-refractivity contribution < 1.29 is 19.0 Å². The number of thiazole rings is 1. The van der Waals surface area contributed by atoms with Gasteiger partial charge in [0.05, 0.1) is 40.0 Å². The number of ether oxygens (including phenoxy) is 3. The lowest BCUT2D eigenvalue weighted by Gasteiger charge is -2.24. The molecule has 4 aromatic rings. The molecule has 11 heteroatoms. The van der Waals surface area contributed by atoms with Gasteiger partial charge < -0.3 is 14.2 Å². The molecule has 42 heavy (non-hydrogen) atoms. The van der Waals surface area contributed by atoms with Crippen LogP contribution in [0.5, 0.6) is 11.5 Å². The Kier molecular flexibility index (Phi) is 9.22. The van der Waals surface area contributed by atoms with Crippen LogP contribution < -0.4 is 24.4 Å². The summed E-state index contributed by atoms with van der Waals surface area (Å²) in [4.78, 5) is 32.0. The van der Waals surface area contributed by atoms with E-state index in [1.54, 1.807) is 55.9 Å². The second-order valence-electron chi connectivity index (χ2n) is 9.29. The third kappa shape index (κ3) is 6.20. The summed E-state index contributed by atoms with van der Waals surface area (Å²) in [5.74, 6) is 0.779. The summed E-state index contributed by atoms with van der Waals surface area (Å²) in [7, 11) is 1.58. The lowest BCUT2D eigenvalue weighted by Crippen LogP contribution is -2.39. The number of rotatable bonds is 8. The number of esters is 1. The number of benzene rings is 3. The summed E-state index contributed by atoms with van der Waals surface area (Å²) < 4.78 is 19.4. The topological polar surface area (TPSA) is 79.1 Å². The first-order chi connectivity index (χ1) is 20.2. The van der Waals surface area contributed by atoms with Crippen molar-refractivity contribution in [2.24, 2.45) is 4.99 Å². The van der Waals surface area contributed by atoms with E-state index in [0.717, 1.165) is 16.7 Å². The molecule has 0 bridgehead atoms. The van der Waals surface area contributed by atoms with Gasteiger partial charge in [-0.1, -0.05) is 58.8 Å². The third-order valence-electron chi connectivity index (χ3n) is 6.60. The highest BCUT2D eigenvalue weighted by Gasteiger charge is 2.33. The molecule has 0 N–H and O–H groups in total. The number of hydrogen-bond acceptors (Lipinski definition) is 7. The van der Waals surface area contributed by atoms with E-state index < -0.39 is 12.0 Å². The Morgan fingerprint density at radius 3 is 2.55 bits per heavy atom. The number of carbonyl (C=O) groups excluding carboxylic acids is 1. The molecule has 216 valence electrons. The van der Waals surface area contributed by atoms with Crippen LogP contribution in [0, 0.1) is 0 Å². The fourth-order valence-corrected chi connectivity index (χ4v) is 6.58. The largest absolute Gasteiger partial charge is 0.497 e. The van der Waals surface area contributed by atoms with Gasteiger partial charge in [-0.15, -0.1) is 0 Å². The lowest BCUT2D eigenvalue weighted by atomic mass is 9.96. The van der Waals surface area contributed by atoms with E-state index in [2.05, 4.69) is 20.9 Å². The molecule has 0 spiro atoms. The first-order valence-corrected chi connectivity index (χ1v) is 15.3. The monoisotopic (exact) mass is 686 g/mol. The van der Waals surface area contributed by atoms with Crippen LogP contribution >= 0.6 is 50.5 Å². The van der Waals surface area contributed by atoms with Crippen molar-refractivity contribution in [3.63, 3.8) is 0 Å². The van der Waals surface area contributed by atoms with Crippen LogP contribution in [0.3, 0.4) is 0 Å². The molecule has 0 aliphatic carbocycles. The van der Waals surface area contributed by atoms with Crippen LogP contribution in [0.4, 0.5) is 0 Å². The van der Waals surface area contributed by atoms with Crippen LogP contribution in [-0.4, -0.2) is 24.3 Å². The molecule has 0 saturated heterocycles. The molecule has 0 saturated carbocycles. The van der Waals surface area contributed by atoms with Crippen LogP contribution in [0.25, 0.3) is 6.08 Å². The summed E-state index contributed by atoms with van der Waals surface area (Å²) >= 11 is 17.1. The highest BCUT2D eigenvalue weighted by atomic mass is 79.9. The molecule has 1 unspecified atom stereocenters. The molecule has 3 aromatic carbocycles. The van der Waals surface area contributed by atoms with Crippen molar-refractivity contribution in [3.8, 4) is 11.5 Å². The first kappa shape index (κ1) is 30.1. The molecule has 1 atom stereocenters. The van der Waals surface area contributed by atoms with Crippen molar-refractivity contribution in [1.82, 2.24) is 4.57 Å². The minimum absolute atomic E-state index is 0.205. The maximum absolute atomic E-state index is 13.8. The predicted molar refractivity (Wildman–Crippen MR) is 168 cm³/mol. The molecular formula is C31H25BrCl2N2O5S. The Morgan fingerprint density at radius 1 is 1.12 bits per heavy atom. The molecular weight excluding hydrogens is 663 g/mol. The van der Waals surface area contributed by atoms with Gasteiger partial charge in [0.1, 0.15) is 18.1 Å². The summed E-state index contributed by atoms with van der Waals surface area (Å²) in [5, 5.41) is 1.09. The average molecular weight is 688 g/mol. The Labute approximate surface area is 264 Å². The normalized spacial score (nSPS) is 14.8. The van der Waals surface area contributed by atoms with Crippen molar-refractivity contribution in [2.75, 3.05) is 13.7 Å². The van der Waals surface area contributed by atoms with Gasteiger partial charge in [-0.3, -0.25) is 9.36 Å². The van der Waals surface area contributed by atoms with Gasteiger partial charge in [-0.05, 0) is 83.4 Å². The Morgan fingerprint density at radius 2 is 1.88 bits per heavy atom. The van der Waals surface area contributed by atoms with Gasteiger partial charge in [0.2, 0.25) is 0 Å². The average Bonchev–Trinajstić information content (AvgIpc) is 3.26. The van der Waals surface area contributed by atoms with E-state index in [9.17, 15) is 9.59 Å². The summed E-state index contributed by atoms with van der Waals surface area (Å²) in [6.07, 6.45) is 1.79. The van der Waals surface area contributed by atoms with E-state index >= 15 is 0 Å². The van der Waals surface area contributed by atoms with Crippen LogP contribution in [0.1, 0.15) is 36.6 Å². The van der Waals surface area contributed by atoms with Crippen LogP contribution in [0.2, 0.25) is 10.0 Å². The Balaban J connectivity index is 1.51. The molecule has 2 heterocycles. The number of carbonyl (C=O) groups is 1. The lowest BCUT2D eigenvalue weighted by molar-refractivity contribution is -0.139. The van der Waals surface area contributed by atoms with Gasteiger partial charge in [-0.2, -0.15) is 0 Å². The van der Waals surface area contributed by atoms with Gasteiger partial charge in [0, 0.05) is 15.6 Å². The van der Waals surface area contributed by atoms with Crippen molar-refractivity contribution in [3.05, 3.63) is 123 Å². The van der Waals surface area contributed by atoms with Crippen molar-refractivity contribution in [2.45, 2.75) is 26.5 Å². The highest BCUT2D eigenvalue weighted by Crippen LogP contribution is 2.32. The third-order valence-corrected chi connectivity index (χ3v) is 8.79. The number of allylic oxidation sites excluding steroid dienone is 1. The van der Waals surface area contributed by atoms with E-state index in [-0.39, 0.29) is 18.8 Å². The molecule has 0 radical (unpaired) electrons. The maximum atomic E-state index is 13.8. The van der Waals surface area contributed by atoms with Gasteiger partial charge >= 0.3 is 5.97 Å². The first-order valence-electron chi connectivity index (χ1n) is 12.9. The van der Waals surface area contributed by atoms with Gasteiger partial charge in [0.15, 0.2) is 4.80 Å². The molecule has 1 aliphatic rings. The predicted octanol–water partition coefficient (Wildman–Crippen LogP) is 6.46. The maximum Gasteiger partial charge on any atom is 0.338 e. The smallest absolute Gasteiger partial charge is 0.338 e. The van der Waals surface area contributed by atoms with Crippen molar-refractivity contribution in [1.29, 1.82) is 0 Å².